The van der Waals surface area contributed by atoms with Crippen LogP contribution in [-0.2, 0) is 17.6 Å². The number of rotatable bonds is 6. The zero-order valence-corrected chi connectivity index (χ0v) is 13.9. The Balaban J connectivity index is 1.92. The summed E-state index contributed by atoms with van der Waals surface area (Å²) in [6.07, 6.45) is 4.09. The van der Waals surface area contributed by atoms with Gasteiger partial charge in [-0.2, -0.15) is 0 Å². The summed E-state index contributed by atoms with van der Waals surface area (Å²) in [6.45, 7) is 6.57. The normalized spacial score (nSPS) is 16.1. The van der Waals surface area contributed by atoms with E-state index >= 15 is 0 Å². The highest BCUT2D eigenvalue weighted by Crippen LogP contribution is 2.29. The van der Waals surface area contributed by atoms with Crippen LogP contribution in [0.5, 0.6) is 0 Å². The summed E-state index contributed by atoms with van der Waals surface area (Å²) in [4.78, 5) is 20.0. The van der Waals surface area contributed by atoms with Crippen LogP contribution in [0.25, 0.3) is 0 Å². The second-order valence-electron chi connectivity index (χ2n) is 6.02. The summed E-state index contributed by atoms with van der Waals surface area (Å²) in [7, 11) is 0. The Labute approximate surface area is 130 Å². The molecule has 0 radical (unpaired) electrons. The molecule has 1 aliphatic rings. The number of hydrogen-bond acceptors (Lipinski definition) is 5. The fourth-order valence-corrected chi connectivity index (χ4v) is 3.61. The van der Waals surface area contributed by atoms with Crippen molar-refractivity contribution < 1.29 is 9.90 Å². The van der Waals surface area contributed by atoms with Gasteiger partial charge in [0.05, 0.1) is 18.3 Å². The van der Waals surface area contributed by atoms with Crippen LogP contribution in [0.4, 0.5) is 5.13 Å². The minimum absolute atomic E-state index is 0.0598. The molecule has 0 saturated carbocycles. The standard InChI is InChI=1S/C15H25N3O2S/c1-10(2)18(8-11(3)19)9-14(20)17-15-16-12-6-4-5-7-13(12)21-15/h10-11,19H,4-9H2,1-3H3,(H,16,17,20). The fraction of sp³-hybridized carbons (Fsp3) is 0.733. The van der Waals surface area contributed by atoms with Gasteiger partial charge in [-0.05, 0) is 46.5 Å². The molecule has 0 aliphatic heterocycles. The molecule has 21 heavy (non-hydrogen) atoms. The first-order chi connectivity index (χ1) is 9.95. The molecule has 1 aromatic rings. The molecule has 0 aromatic carbocycles. The molecule has 5 nitrogen and oxygen atoms in total. The molecular weight excluding hydrogens is 286 g/mol. The lowest BCUT2D eigenvalue weighted by Gasteiger charge is -2.26. The third-order valence-electron chi connectivity index (χ3n) is 3.67. The minimum atomic E-state index is -0.438. The molecule has 1 amide bonds. The van der Waals surface area contributed by atoms with Gasteiger partial charge in [0.25, 0.3) is 0 Å². The number of aromatic nitrogens is 1. The van der Waals surface area contributed by atoms with Crippen LogP contribution in [0, 0.1) is 0 Å². The molecule has 0 spiro atoms. The number of hydrogen-bond donors (Lipinski definition) is 2. The Morgan fingerprint density at radius 3 is 2.71 bits per heavy atom. The van der Waals surface area contributed by atoms with Gasteiger partial charge >= 0.3 is 0 Å². The van der Waals surface area contributed by atoms with Crippen molar-refractivity contribution >= 4 is 22.4 Å². The monoisotopic (exact) mass is 311 g/mol. The molecule has 0 fully saturated rings. The third-order valence-corrected chi connectivity index (χ3v) is 4.74. The van der Waals surface area contributed by atoms with E-state index in [0.717, 1.165) is 18.5 Å². The van der Waals surface area contributed by atoms with Gasteiger partial charge in [0, 0.05) is 17.5 Å². The predicted octanol–water partition coefficient (Wildman–Crippen LogP) is 2.05. The van der Waals surface area contributed by atoms with Gasteiger partial charge in [0.2, 0.25) is 5.91 Å². The van der Waals surface area contributed by atoms with Crippen LogP contribution < -0.4 is 5.32 Å². The van der Waals surface area contributed by atoms with Gasteiger partial charge in [-0.3, -0.25) is 9.69 Å². The smallest absolute Gasteiger partial charge is 0.240 e. The van der Waals surface area contributed by atoms with Crippen molar-refractivity contribution in [2.75, 3.05) is 18.4 Å². The highest BCUT2D eigenvalue weighted by molar-refractivity contribution is 7.15. The number of nitrogens with one attached hydrogen (secondary N) is 1. The van der Waals surface area contributed by atoms with Crippen molar-refractivity contribution in [1.29, 1.82) is 0 Å². The van der Waals surface area contributed by atoms with E-state index in [0.29, 0.717) is 11.7 Å². The van der Waals surface area contributed by atoms with E-state index in [2.05, 4.69) is 10.3 Å². The predicted molar refractivity (Wildman–Crippen MR) is 85.8 cm³/mol. The number of aryl methyl sites for hydroxylation is 2. The highest BCUT2D eigenvalue weighted by atomic mass is 32.1. The second kappa shape index (κ2) is 7.33. The third kappa shape index (κ3) is 4.76. The topological polar surface area (TPSA) is 65.5 Å². The highest BCUT2D eigenvalue weighted by Gasteiger charge is 2.19. The van der Waals surface area contributed by atoms with E-state index in [1.807, 2.05) is 18.7 Å². The van der Waals surface area contributed by atoms with Gasteiger partial charge in [0.15, 0.2) is 5.13 Å². The SMILES string of the molecule is CC(O)CN(CC(=O)Nc1nc2c(s1)CCCC2)C(C)C. The number of fused-ring (bicyclic) bond motifs is 1. The molecule has 2 rings (SSSR count). The van der Waals surface area contributed by atoms with Gasteiger partial charge in [-0.15, -0.1) is 11.3 Å². The van der Waals surface area contributed by atoms with Gasteiger partial charge in [-0.1, -0.05) is 0 Å². The molecule has 1 aliphatic carbocycles. The number of carbonyl (C=O) groups is 1. The van der Waals surface area contributed by atoms with Crippen molar-refractivity contribution in [3.8, 4) is 0 Å². The van der Waals surface area contributed by atoms with Crippen molar-refractivity contribution in [3.63, 3.8) is 0 Å². The van der Waals surface area contributed by atoms with Crippen LogP contribution in [0.2, 0.25) is 0 Å². The summed E-state index contributed by atoms with van der Waals surface area (Å²) in [5.74, 6) is -0.0598. The number of anilines is 1. The number of carbonyl (C=O) groups excluding carboxylic acids is 1. The van der Waals surface area contributed by atoms with E-state index in [1.165, 1.54) is 17.7 Å². The van der Waals surface area contributed by atoms with Crippen LogP contribution in [-0.4, -0.2) is 46.1 Å². The Morgan fingerprint density at radius 2 is 2.10 bits per heavy atom. The summed E-state index contributed by atoms with van der Waals surface area (Å²) < 4.78 is 0. The number of aliphatic hydroxyl groups is 1. The van der Waals surface area contributed by atoms with Crippen LogP contribution in [0.1, 0.15) is 44.2 Å². The van der Waals surface area contributed by atoms with E-state index in [4.69, 9.17) is 0 Å². The lowest BCUT2D eigenvalue weighted by Crippen LogP contribution is -2.41. The molecule has 1 unspecified atom stereocenters. The first-order valence-electron chi connectivity index (χ1n) is 7.66. The molecule has 2 N–H and O–H groups in total. The number of thiazole rings is 1. The van der Waals surface area contributed by atoms with Gasteiger partial charge in [-0.25, -0.2) is 4.98 Å². The molecule has 6 heteroatoms. The van der Waals surface area contributed by atoms with Gasteiger partial charge in [0.1, 0.15) is 0 Å². The lowest BCUT2D eigenvalue weighted by atomic mass is 10.0. The molecule has 0 bridgehead atoms. The summed E-state index contributed by atoms with van der Waals surface area (Å²) >= 11 is 1.60. The summed E-state index contributed by atoms with van der Waals surface area (Å²) in [6, 6.07) is 0.217. The Bertz CT molecular complexity index is 462. The van der Waals surface area contributed by atoms with E-state index < -0.39 is 6.10 Å². The van der Waals surface area contributed by atoms with Crippen molar-refractivity contribution in [3.05, 3.63) is 10.6 Å². The molecule has 1 atom stereocenters. The minimum Gasteiger partial charge on any atom is -0.392 e. The van der Waals surface area contributed by atoms with E-state index in [-0.39, 0.29) is 18.5 Å². The largest absolute Gasteiger partial charge is 0.392 e. The lowest BCUT2D eigenvalue weighted by molar-refractivity contribution is -0.118. The summed E-state index contributed by atoms with van der Waals surface area (Å²) in [5, 5.41) is 13.1. The average Bonchev–Trinajstić information content (AvgIpc) is 2.79. The first kappa shape index (κ1) is 16.4. The Morgan fingerprint density at radius 1 is 1.38 bits per heavy atom. The maximum absolute atomic E-state index is 12.2. The maximum Gasteiger partial charge on any atom is 0.240 e. The van der Waals surface area contributed by atoms with Crippen LogP contribution >= 0.6 is 11.3 Å². The van der Waals surface area contributed by atoms with Crippen LogP contribution in [0.15, 0.2) is 0 Å². The second-order valence-corrected chi connectivity index (χ2v) is 7.10. The van der Waals surface area contributed by atoms with Crippen molar-refractivity contribution in [1.82, 2.24) is 9.88 Å². The number of aliphatic hydroxyl groups excluding tert-OH is 1. The Kier molecular flexibility index (Phi) is 5.72. The maximum atomic E-state index is 12.2. The average molecular weight is 311 g/mol. The first-order valence-corrected chi connectivity index (χ1v) is 8.48. The molecule has 0 saturated heterocycles. The molecular formula is C15H25N3O2S. The zero-order chi connectivity index (χ0) is 15.4. The van der Waals surface area contributed by atoms with Crippen molar-refractivity contribution in [2.45, 2.75) is 58.6 Å². The molecule has 118 valence electrons. The molecule has 1 heterocycles. The fourth-order valence-electron chi connectivity index (χ4n) is 2.55. The quantitative estimate of drug-likeness (QED) is 0.844. The summed E-state index contributed by atoms with van der Waals surface area (Å²) in [5.41, 5.74) is 1.16. The van der Waals surface area contributed by atoms with E-state index in [9.17, 15) is 9.90 Å². The van der Waals surface area contributed by atoms with Crippen molar-refractivity contribution in [2.24, 2.45) is 0 Å². The van der Waals surface area contributed by atoms with E-state index in [1.54, 1.807) is 18.3 Å². The number of amides is 1. The molecule has 1 aromatic heterocycles. The van der Waals surface area contributed by atoms with Crippen LogP contribution in [0.3, 0.4) is 0 Å². The number of nitrogens with zero attached hydrogens (tertiary/aromatic N) is 2. The zero-order valence-electron chi connectivity index (χ0n) is 13.1. The Hall–Kier alpha value is -0.980. The van der Waals surface area contributed by atoms with Gasteiger partial charge < -0.3 is 10.4 Å².